The molecule has 0 aromatic carbocycles. The molecular formula is C13H20BNOS. The van der Waals surface area contributed by atoms with Crippen LogP contribution in [0.15, 0.2) is 4.79 Å². The first-order valence-electron chi connectivity index (χ1n) is 6.61. The van der Waals surface area contributed by atoms with E-state index >= 15 is 0 Å². The molecule has 1 aliphatic rings. The predicted molar refractivity (Wildman–Crippen MR) is 74.2 cm³/mol. The van der Waals surface area contributed by atoms with E-state index in [-0.39, 0.29) is 16.7 Å². The molecule has 92 valence electrons. The highest BCUT2D eigenvalue weighted by atomic mass is 32.1. The predicted octanol–water partition coefficient (Wildman–Crippen LogP) is 3.21. The summed E-state index contributed by atoms with van der Waals surface area (Å²) in [4.78, 5) is 13.3. The van der Waals surface area contributed by atoms with Gasteiger partial charge in [-0.2, -0.15) is 0 Å². The molecule has 1 heterocycles. The van der Waals surface area contributed by atoms with Gasteiger partial charge in [0, 0.05) is 16.6 Å². The summed E-state index contributed by atoms with van der Waals surface area (Å²) in [5.74, 6) is 0.0702. The van der Waals surface area contributed by atoms with Gasteiger partial charge in [-0.15, -0.1) is 0 Å². The van der Waals surface area contributed by atoms with Crippen molar-refractivity contribution in [3.8, 4) is 0 Å². The summed E-state index contributed by atoms with van der Waals surface area (Å²) < 4.78 is 1.95. The molecule has 0 aliphatic heterocycles. The third-order valence-corrected chi connectivity index (χ3v) is 4.63. The topological polar surface area (TPSA) is 22.0 Å². The summed E-state index contributed by atoms with van der Waals surface area (Å²) in [6, 6.07) is 0.246. The molecule has 0 saturated carbocycles. The first-order chi connectivity index (χ1) is 8.11. The van der Waals surface area contributed by atoms with Crippen molar-refractivity contribution in [2.24, 2.45) is 0 Å². The molecule has 17 heavy (non-hydrogen) atoms. The number of hydrogen-bond acceptors (Lipinski definition) is 2. The molecule has 1 atom stereocenters. The molecule has 1 aromatic heterocycles. The average molecular weight is 249 g/mol. The van der Waals surface area contributed by atoms with E-state index in [2.05, 4.69) is 13.8 Å². The third-order valence-electron chi connectivity index (χ3n) is 3.50. The van der Waals surface area contributed by atoms with Gasteiger partial charge in [-0.1, -0.05) is 37.0 Å². The Morgan fingerprint density at radius 1 is 1.29 bits per heavy atom. The standard InChI is InChI=1S/C13H20BNOS/c1-9(2)15-11-8-6-4-3-5-7-10(14)12(11)17-13(15)16/h9-10H,3-8H2,1-2H3. The Balaban J connectivity index is 2.45. The van der Waals surface area contributed by atoms with Crippen LogP contribution in [0.2, 0.25) is 0 Å². The molecule has 0 N–H and O–H groups in total. The van der Waals surface area contributed by atoms with Crippen molar-refractivity contribution in [3.63, 3.8) is 0 Å². The zero-order chi connectivity index (χ0) is 12.4. The molecule has 0 fully saturated rings. The van der Waals surface area contributed by atoms with Crippen LogP contribution in [0.1, 0.15) is 68.4 Å². The quantitative estimate of drug-likeness (QED) is 0.700. The van der Waals surface area contributed by atoms with Gasteiger partial charge in [0.1, 0.15) is 0 Å². The van der Waals surface area contributed by atoms with E-state index in [1.54, 1.807) is 0 Å². The third kappa shape index (κ3) is 2.67. The number of rotatable bonds is 1. The Morgan fingerprint density at radius 3 is 2.71 bits per heavy atom. The largest absolute Gasteiger partial charge is 0.307 e. The van der Waals surface area contributed by atoms with E-state index in [1.807, 2.05) is 4.57 Å². The average Bonchev–Trinajstić information content (AvgIpc) is 2.61. The van der Waals surface area contributed by atoms with Crippen LogP contribution in [0.5, 0.6) is 0 Å². The minimum Gasteiger partial charge on any atom is -0.300 e. The van der Waals surface area contributed by atoms with Gasteiger partial charge in [0.15, 0.2) is 0 Å². The summed E-state index contributed by atoms with van der Waals surface area (Å²) in [5, 5.41) is 0. The minimum atomic E-state index is 0.0702. The Bertz CT molecular complexity index is 435. The zero-order valence-electron chi connectivity index (χ0n) is 10.7. The van der Waals surface area contributed by atoms with E-state index in [1.165, 1.54) is 42.7 Å². The second-order valence-electron chi connectivity index (χ2n) is 5.20. The molecule has 2 nitrogen and oxygen atoms in total. The van der Waals surface area contributed by atoms with Crippen molar-refractivity contribution in [2.45, 2.75) is 64.2 Å². The molecular weight excluding hydrogens is 229 g/mol. The first-order valence-corrected chi connectivity index (χ1v) is 7.42. The van der Waals surface area contributed by atoms with Crippen molar-refractivity contribution in [1.82, 2.24) is 4.57 Å². The Kier molecular flexibility index (Phi) is 4.13. The van der Waals surface area contributed by atoms with E-state index in [0.717, 1.165) is 17.7 Å². The summed E-state index contributed by atoms with van der Waals surface area (Å²) in [6.07, 6.45) is 6.94. The maximum Gasteiger partial charge on any atom is 0.307 e. The van der Waals surface area contributed by atoms with Crippen LogP contribution in [0.3, 0.4) is 0 Å². The normalized spacial score (nSPS) is 21.7. The zero-order valence-corrected chi connectivity index (χ0v) is 11.6. The van der Waals surface area contributed by atoms with E-state index < -0.39 is 0 Å². The molecule has 2 radical (unpaired) electrons. The number of nitrogens with zero attached hydrogens (tertiary/aromatic N) is 1. The summed E-state index contributed by atoms with van der Waals surface area (Å²) in [7, 11) is 6.23. The van der Waals surface area contributed by atoms with Crippen LogP contribution in [-0.4, -0.2) is 12.4 Å². The second kappa shape index (κ2) is 5.43. The van der Waals surface area contributed by atoms with E-state index in [0.29, 0.717) is 0 Å². The fourth-order valence-corrected chi connectivity index (χ4v) is 3.82. The van der Waals surface area contributed by atoms with Gasteiger partial charge in [0.25, 0.3) is 0 Å². The van der Waals surface area contributed by atoms with Crippen LogP contribution in [0.4, 0.5) is 0 Å². The SMILES string of the molecule is [B]C1CCCCCCc2c1sc(=O)n2C(C)C. The number of thiazole rings is 1. The lowest BCUT2D eigenvalue weighted by Crippen LogP contribution is -2.18. The van der Waals surface area contributed by atoms with Crippen LogP contribution in [0.25, 0.3) is 0 Å². The van der Waals surface area contributed by atoms with Crippen LogP contribution >= 0.6 is 11.3 Å². The van der Waals surface area contributed by atoms with Crippen molar-refractivity contribution >= 4 is 19.2 Å². The highest BCUT2D eigenvalue weighted by molar-refractivity contribution is 7.09. The molecule has 0 spiro atoms. The smallest absolute Gasteiger partial charge is 0.300 e. The first kappa shape index (κ1) is 12.9. The van der Waals surface area contributed by atoms with Crippen LogP contribution in [0, 0.1) is 0 Å². The minimum absolute atomic E-state index is 0.0702. The van der Waals surface area contributed by atoms with Crippen molar-refractivity contribution in [3.05, 3.63) is 20.2 Å². The van der Waals surface area contributed by atoms with Crippen molar-refractivity contribution in [1.29, 1.82) is 0 Å². The van der Waals surface area contributed by atoms with Gasteiger partial charge in [0.2, 0.25) is 0 Å². The fraction of sp³-hybridized carbons (Fsp3) is 0.769. The number of fused-ring (bicyclic) bond motifs is 1. The molecule has 1 unspecified atom stereocenters. The maximum absolute atomic E-state index is 12.0. The number of hydrogen-bond donors (Lipinski definition) is 0. The van der Waals surface area contributed by atoms with Crippen LogP contribution < -0.4 is 4.87 Å². The lowest BCUT2D eigenvalue weighted by molar-refractivity contribution is 0.550. The second-order valence-corrected chi connectivity index (χ2v) is 6.20. The monoisotopic (exact) mass is 249 g/mol. The maximum atomic E-state index is 12.0. The van der Waals surface area contributed by atoms with Crippen LogP contribution in [-0.2, 0) is 6.42 Å². The molecule has 0 amide bonds. The summed E-state index contributed by atoms with van der Waals surface area (Å²) in [6.45, 7) is 4.15. The van der Waals surface area contributed by atoms with E-state index in [4.69, 9.17) is 7.85 Å². The highest BCUT2D eigenvalue weighted by Crippen LogP contribution is 2.30. The van der Waals surface area contributed by atoms with Gasteiger partial charge in [-0.05, 0) is 32.5 Å². The van der Waals surface area contributed by atoms with Gasteiger partial charge >= 0.3 is 4.87 Å². The van der Waals surface area contributed by atoms with Gasteiger partial charge < -0.3 is 4.57 Å². The van der Waals surface area contributed by atoms with Crippen molar-refractivity contribution < 1.29 is 0 Å². The molecule has 0 saturated heterocycles. The van der Waals surface area contributed by atoms with E-state index in [9.17, 15) is 4.79 Å². The Labute approximate surface area is 108 Å². The fourth-order valence-electron chi connectivity index (χ4n) is 2.63. The lowest BCUT2D eigenvalue weighted by Gasteiger charge is -2.14. The van der Waals surface area contributed by atoms with Gasteiger partial charge in [-0.25, -0.2) is 0 Å². The van der Waals surface area contributed by atoms with Gasteiger partial charge in [-0.3, -0.25) is 4.79 Å². The molecule has 1 aromatic rings. The molecule has 1 aliphatic carbocycles. The Morgan fingerprint density at radius 2 is 2.00 bits per heavy atom. The number of aromatic nitrogens is 1. The Hall–Kier alpha value is -0.505. The highest BCUT2D eigenvalue weighted by Gasteiger charge is 2.21. The summed E-state index contributed by atoms with van der Waals surface area (Å²) in [5.41, 5.74) is 1.21. The summed E-state index contributed by atoms with van der Waals surface area (Å²) >= 11 is 1.37. The van der Waals surface area contributed by atoms with Crippen molar-refractivity contribution in [2.75, 3.05) is 0 Å². The van der Waals surface area contributed by atoms with Gasteiger partial charge in [0.05, 0.1) is 7.85 Å². The molecule has 4 heteroatoms. The lowest BCUT2D eigenvalue weighted by atomic mass is 9.81. The molecule has 2 rings (SSSR count). The molecule has 0 bridgehead atoms.